The topological polar surface area (TPSA) is 124 Å². The van der Waals surface area contributed by atoms with Gasteiger partial charge in [-0.05, 0) is 92.9 Å². The van der Waals surface area contributed by atoms with Crippen molar-refractivity contribution in [1.29, 1.82) is 0 Å². The maximum absolute atomic E-state index is 16.9. The van der Waals surface area contributed by atoms with E-state index in [-0.39, 0.29) is 58.3 Å². The van der Waals surface area contributed by atoms with Crippen LogP contribution in [0.25, 0.3) is 32.9 Å². The van der Waals surface area contributed by atoms with Gasteiger partial charge in [0.15, 0.2) is 5.82 Å². The molecule has 1 saturated heterocycles. The Morgan fingerprint density at radius 2 is 1.84 bits per heavy atom. The number of rotatable bonds is 13. The number of aryl methyl sites for hydroxylation is 1. The normalized spacial score (nSPS) is 21.0. The van der Waals surface area contributed by atoms with Crippen molar-refractivity contribution < 1.29 is 33.6 Å². The molecule has 7 rings (SSSR count). The van der Waals surface area contributed by atoms with Gasteiger partial charge < -0.3 is 29.7 Å². The molecule has 2 aliphatic carbocycles. The molecule has 0 amide bonds. The van der Waals surface area contributed by atoms with E-state index in [0.717, 1.165) is 38.6 Å². The van der Waals surface area contributed by atoms with Crippen LogP contribution in [0.5, 0.6) is 11.8 Å². The van der Waals surface area contributed by atoms with Crippen LogP contribution in [-0.4, -0.2) is 93.0 Å². The molecule has 1 aliphatic heterocycles. The molecule has 3 heterocycles. The van der Waals surface area contributed by atoms with Crippen molar-refractivity contribution in [2.24, 2.45) is 5.41 Å². The second-order valence-corrected chi connectivity index (χ2v) is 13.7. The minimum Gasteiger partial charge on any atom is -0.508 e. The minimum atomic E-state index is -0.792. The molecule has 276 valence electrons. The molecule has 2 aromatic carbocycles. The Morgan fingerprint density at radius 3 is 2.55 bits per heavy atom. The number of nitrogens with zero attached hydrogens (tertiary/aromatic N) is 5. The third kappa shape index (κ3) is 7.20. The van der Waals surface area contributed by atoms with Gasteiger partial charge >= 0.3 is 6.01 Å². The third-order valence-corrected chi connectivity index (χ3v) is 10.8. The molecule has 0 bridgehead atoms. The van der Waals surface area contributed by atoms with E-state index in [2.05, 4.69) is 14.9 Å². The van der Waals surface area contributed by atoms with Gasteiger partial charge in [0, 0.05) is 35.9 Å². The summed E-state index contributed by atoms with van der Waals surface area (Å²) in [7, 11) is 0. The van der Waals surface area contributed by atoms with Gasteiger partial charge in [0.25, 0.3) is 0 Å². The first-order valence-corrected chi connectivity index (χ1v) is 18.6. The highest BCUT2D eigenvalue weighted by molar-refractivity contribution is 6.01. The summed E-state index contributed by atoms with van der Waals surface area (Å²) in [6.07, 6.45) is 9.05. The van der Waals surface area contributed by atoms with Gasteiger partial charge in [-0.25, -0.2) is 8.78 Å². The number of halogens is 2. The molecular weight excluding hydrogens is 656 g/mol. The molecule has 12 heteroatoms. The Morgan fingerprint density at radius 1 is 1.06 bits per heavy atom. The first kappa shape index (κ1) is 37.1. The van der Waals surface area contributed by atoms with Crippen LogP contribution in [0, 0.1) is 17.0 Å². The quantitative estimate of drug-likeness (QED) is 0.129. The molecule has 51 heavy (non-hydrogen) atoms. The molecule has 10 nitrogen and oxygen atoms in total. The third-order valence-electron chi connectivity index (χ3n) is 10.8. The number of phenolic OH excluding ortho intramolecular Hbond substituents is 1. The van der Waals surface area contributed by atoms with E-state index in [1.165, 1.54) is 42.1 Å². The Bertz CT molecular complexity index is 1840. The maximum Gasteiger partial charge on any atom is 0.319 e. The summed E-state index contributed by atoms with van der Waals surface area (Å²) in [6, 6.07) is 6.86. The van der Waals surface area contributed by atoms with Crippen LogP contribution in [0.1, 0.15) is 78.2 Å². The van der Waals surface area contributed by atoms with Crippen LogP contribution in [0.4, 0.5) is 14.6 Å². The van der Waals surface area contributed by atoms with Gasteiger partial charge in [0.1, 0.15) is 35.3 Å². The number of anilines is 1. The smallest absolute Gasteiger partial charge is 0.319 e. The van der Waals surface area contributed by atoms with E-state index in [4.69, 9.17) is 14.5 Å². The Labute approximate surface area is 298 Å². The van der Waals surface area contributed by atoms with Crippen molar-refractivity contribution >= 4 is 27.5 Å². The molecule has 3 N–H and O–H groups in total. The van der Waals surface area contributed by atoms with Gasteiger partial charge in [-0.15, -0.1) is 0 Å². The number of phenols is 1. The Hall–Kier alpha value is -3.71. The van der Waals surface area contributed by atoms with E-state index in [1.807, 2.05) is 27.7 Å². The van der Waals surface area contributed by atoms with Gasteiger partial charge in [0.2, 0.25) is 0 Å². The van der Waals surface area contributed by atoms with Crippen molar-refractivity contribution in [3.05, 3.63) is 47.7 Å². The van der Waals surface area contributed by atoms with E-state index in [1.54, 1.807) is 6.07 Å². The molecule has 4 aromatic rings. The van der Waals surface area contributed by atoms with Gasteiger partial charge in [-0.2, -0.15) is 9.97 Å². The molecule has 2 unspecified atom stereocenters. The molecule has 2 saturated carbocycles. The maximum atomic E-state index is 16.9. The van der Waals surface area contributed by atoms with Crippen LogP contribution in [-0.2, 0) is 11.2 Å². The van der Waals surface area contributed by atoms with Crippen LogP contribution in [0.15, 0.2) is 30.5 Å². The summed E-state index contributed by atoms with van der Waals surface area (Å²) in [5.41, 5.74) is 0.380. The SMILES string of the molecule is CC.CCO[C@@H](CO)CN(CO)c1nc(OCC23CCCC2N(C2CC2)CCC3)nc2c(F)c(-c3cc(O)cc4ccc(F)c(CC)c34)ncc12. The fourth-order valence-corrected chi connectivity index (χ4v) is 8.39. The number of piperidine rings is 1. The lowest BCUT2D eigenvalue weighted by Crippen LogP contribution is -2.52. The first-order chi connectivity index (χ1) is 24.8. The largest absolute Gasteiger partial charge is 0.508 e. The van der Waals surface area contributed by atoms with Crippen molar-refractivity contribution in [3.63, 3.8) is 0 Å². The lowest BCUT2D eigenvalue weighted by Gasteiger charge is -2.46. The summed E-state index contributed by atoms with van der Waals surface area (Å²) in [5, 5.41) is 32.3. The summed E-state index contributed by atoms with van der Waals surface area (Å²) in [5.74, 6) is -1.15. The van der Waals surface area contributed by atoms with Gasteiger partial charge in [-0.3, -0.25) is 9.88 Å². The predicted octanol–water partition coefficient (Wildman–Crippen LogP) is 6.75. The van der Waals surface area contributed by atoms with Gasteiger partial charge in [0.05, 0.1) is 31.2 Å². The first-order valence-electron chi connectivity index (χ1n) is 18.6. The number of hydrogen-bond acceptors (Lipinski definition) is 10. The van der Waals surface area contributed by atoms with Crippen LogP contribution >= 0.6 is 0 Å². The number of ether oxygens (including phenoxy) is 2. The Balaban J connectivity index is 0.00000220. The number of aliphatic hydroxyl groups is 2. The summed E-state index contributed by atoms with van der Waals surface area (Å²) < 4.78 is 44.1. The van der Waals surface area contributed by atoms with E-state index in [9.17, 15) is 15.3 Å². The van der Waals surface area contributed by atoms with Crippen molar-refractivity contribution in [3.8, 4) is 23.0 Å². The monoisotopic (exact) mass is 707 g/mol. The average Bonchev–Trinajstić information content (AvgIpc) is 3.91. The van der Waals surface area contributed by atoms with Crippen LogP contribution in [0.2, 0.25) is 0 Å². The van der Waals surface area contributed by atoms with Gasteiger partial charge in [-0.1, -0.05) is 33.3 Å². The van der Waals surface area contributed by atoms with Crippen LogP contribution in [0.3, 0.4) is 0 Å². The molecular formula is C39H51F2N5O5. The number of aliphatic hydroxyl groups excluding tert-OH is 2. The zero-order valence-electron chi connectivity index (χ0n) is 30.2. The number of pyridine rings is 1. The number of likely N-dealkylation sites (tertiary alicyclic amines) is 1. The number of aromatic nitrogens is 3. The van der Waals surface area contributed by atoms with E-state index < -0.39 is 24.5 Å². The van der Waals surface area contributed by atoms with E-state index >= 15 is 8.78 Å². The molecule has 3 aliphatic rings. The Kier molecular flexibility index (Phi) is 11.5. The molecule has 3 atom stereocenters. The zero-order valence-corrected chi connectivity index (χ0v) is 30.2. The zero-order chi connectivity index (χ0) is 36.3. The fraction of sp³-hybridized carbons (Fsp3) is 0.564. The molecule has 0 radical (unpaired) electrons. The van der Waals surface area contributed by atoms with E-state index in [0.29, 0.717) is 48.1 Å². The number of fused-ring (bicyclic) bond motifs is 3. The molecule has 0 spiro atoms. The highest BCUT2D eigenvalue weighted by Crippen LogP contribution is 2.51. The molecule has 3 fully saturated rings. The summed E-state index contributed by atoms with van der Waals surface area (Å²) >= 11 is 0. The van der Waals surface area contributed by atoms with Crippen molar-refractivity contribution in [1.82, 2.24) is 19.9 Å². The fourth-order valence-electron chi connectivity index (χ4n) is 8.39. The molecule has 2 aromatic heterocycles. The second-order valence-electron chi connectivity index (χ2n) is 13.7. The average molecular weight is 708 g/mol. The lowest BCUT2D eigenvalue weighted by molar-refractivity contribution is -0.00469. The van der Waals surface area contributed by atoms with Crippen molar-refractivity contribution in [2.45, 2.75) is 97.2 Å². The number of aromatic hydroxyl groups is 1. The standard InChI is InChI=1S/C37H45F2N5O5.C2H6/c1-3-26-29(38)11-8-22-15-24(47)16-27(31(22)26)33-32(39)34-28(17-40-33)35(43(21-46)18-25(19-45)48-4-2)42-36(41-34)49-20-37-12-5-7-30(37)44(14-6-13-37)23-9-10-23;1-2/h8,11,15-17,23,25,30,45-47H,3-7,9-10,12-14,18-21H2,1-2H3;1-2H3/t25-,30?,37?;/m1./s1. The summed E-state index contributed by atoms with van der Waals surface area (Å²) in [4.78, 5) is 18.0. The predicted molar refractivity (Wildman–Crippen MR) is 194 cm³/mol. The van der Waals surface area contributed by atoms with Crippen molar-refractivity contribution in [2.75, 3.05) is 44.5 Å². The second kappa shape index (κ2) is 15.9. The summed E-state index contributed by atoms with van der Waals surface area (Å²) in [6.45, 7) is 8.74. The number of hydrogen-bond donors (Lipinski definition) is 3. The highest BCUT2D eigenvalue weighted by atomic mass is 19.1. The minimum absolute atomic E-state index is 0.0291. The highest BCUT2D eigenvalue weighted by Gasteiger charge is 2.51. The lowest BCUT2D eigenvalue weighted by atomic mass is 9.75. The number of benzene rings is 2. The van der Waals surface area contributed by atoms with Crippen LogP contribution < -0.4 is 9.64 Å².